The molecule has 0 radical (unpaired) electrons. The van der Waals surface area contributed by atoms with E-state index < -0.39 is 0 Å². The molecule has 0 spiro atoms. The maximum absolute atomic E-state index is 11.6. The Hall–Kier alpha value is -0.770. The van der Waals surface area contributed by atoms with Gasteiger partial charge in [0.05, 0.1) is 0 Å². The second kappa shape index (κ2) is 7.62. The molecule has 0 fully saturated rings. The zero-order chi connectivity index (χ0) is 13.5. The average Bonchev–Trinajstić information content (AvgIpc) is 2.28. The summed E-state index contributed by atoms with van der Waals surface area (Å²) < 4.78 is 5.18. The van der Waals surface area contributed by atoms with Gasteiger partial charge in [0.25, 0.3) is 0 Å². The van der Waals surface area contributed by atoms with Gasteiger partial charge in [-0.05, 0) is 18.1 Å². The minimum absolute atomic E-state index is 0.0823. The van der Waals surface area contributed by atoms with Crippen LogP contribution in [-0.4, -0.2) is 22.8 Å². The standard InChI is InChI=1S/C14H22O3S/c1-4-14(16)17-13-8-11(7-12(15)9-13)6-10(3)18-5-2/h9-11H,4-8H2,1-3H3. The summed E-state index contributed by atoms with van der Waals surface area (Å²) >= 11 is 1.91. The SMILES string of the molecule is CCSC(C)CC1CC(=O)C=C(OC(=O)CC)C1. The molecule has 4 heteroatoms. The lowest BCUT2D eigenvalue weighted by Crippen LogP contribution is -2.19. The van der Waals surface area contributed by atoms with Crippen LogP contribution >= 0.6 is 11.8 Å². The van der Waals surface area contributed by atoms with Gasteiger partial charge in [0.15, 0.2) is 5.78 Å². The highest BCUT2D eigenvalue weighted by Crippen LogP contribution is 2.30. The van der Waals surface area contributed by atoms with Crippen LogP contribution in [0.5, 0.6) is 0 Å². The number of rotatable bonds is 6. The topological polar surface area (TPSA) is 43.4 Å². The molecule has 1 aliphatic carbocycles. The van der Waals surface area contributed by atoms with Crippen LogP contribution in [0.15, 0.2) is 11.8 Å². The lowest BCUT2D eigenvalue weighted by atomic mass is 9.88. The quantitative estimate of drug-likeness (QED) is 0.694. The molecule has 2 unspecified atom stereocenters. The molecule has 0 saturated carbocycles. The van der Waals surface area contributed by atoms with Crippen LogP contribution in [0, 0.1) is 5.92 Å². The molecule has 0 aliphatic heterocycles. The summed E-state index contributed by atoms with van der Waals surface area (Å²) in [6, 6.07) is 0. The van der Waals surface area contributed by atoms with Crippen molar-refractivity contribution in [3.05, 3.63) is 11.8 Å². The van der Waals surface area contributed by atoms with E-state index in [1.165, 1.54) is 6.08 Å². The van der Waals surface area contributed by atoms with Gasteiger partial charge in [-0.2, -0.15) is 11.8 Å². The molecular weight excluding hydrogens is 248 g/mol. The van der Waals surface area contributed by atoms with Crippen molar-refractivity contribution in [1.29, 1.82) is 0 Å². The molecule has 0 bridgehead atoms. The van der Waals surface area contributed by atoms with E-state index in [2.05, 4.69) is 13.8 Å². The third-order valence-electron chi connectivity index (χ3n) is 2.95. The largest absolute Gasteiger partial charge is 0.431 e. The second-order valence-corrected chi connectivity index (χ2v) is 6.40. The zero-order valence-electron chi connectivity index (χ0n) is 11.4. The van der Waals surface area contributed by atoms with Crippen molar-refractivity contribution < 1.29 is 14.3 Å². The van der Waals surface area contributed by atoms with Crippen molar-refractivity contribution in [2.45, 2.75) is 51.7 Å². The lowest BCUT2D eigenvalue weighted by Gasteiger charge is -2.23. The Morgan fingerprint density at radius 3 is 2.83 bits per heavy atom. The predicted octanol–water partition coefficient (Wildman–Crippen LogP) is 3.33. The van der Waals surface area contributed by atoms with Crippen molar-refractivity contribution in [3.8, 4) is 0 Å². The molecule has 1 rings (SSSR count). The Labute approximate surface area is 113 Å². The lowest BCUT2D eigenvalue weighted by molar-refractivity contribution is -0.139. The fraction of sp³-hybridized carbons (Fsp3) is 0.714. The predicted molar refractivity (Wildman–Crippen MR) is 74.4 cm³/mol. The fourth-order valence-corrected chi connectivity index (χ4v) is 3.19. The van der Waals surface area contributed by atoms with E-state index in [9.17, 15) is 9.59 Å². The summed E-state index contributed by atoms with van der Waals surface area (Å²) in [7, 11) is 0. The van der Waals surface area contributed by atoms with Crippen LogP contribution in [-0.2, 0) is 14.3 Å². The van der Waals surface area contributed by atoms with Crippen molar-refractivity contribution in [2.24, 2.45) is 5.92 Å². The van der Waals surface area contributed by atoms with Gasteiger partial charge < -0.3 is 4.74 Å². The number of thioether (sulfide) groups is 1. The molecule has 18 heavy (non-hydrogen) atoms. The Morgan fingerprint density at radius 2 is 2.22 bits per heavy atom. The van der Waals surface area contributed by atoms with Gasteiger partial charge >= 0.3 is 5.97 Å². The van der Waals surface area contributed by atoms with E-state index in [-0.39, 0.29) is 11.8 Å². The van der Waals surface area contributed by atoms with Crippen molar-refractivity contribution in [1.82, 2.24) is 0 Å². The van der Waals surface area contributed by atoms with Crippen molar-refractivity contribution in [2.75, 3.05) is 5.75 Å². The first kappa shape index (κ1) is 15.3. The van der Waals surface area contributed by atoms with E-state index in [1.54, 1.807) is 6.92 Å². The number of allylic oxidation sites excluding steroid dienone is 2. The molecule has 1 aliphatic rings. The first-order chi connectivity index (χ1) is 8.55. The Balaban J connectivity index is 2.52. The summed E-state index contributed by atoms with van der Waals surface area (Å²) in [5.74, 6) is 1.78. The summed E-state index contributed by atoms with van der Waals surface area (Å²) in [6.07, 6.45) is 4.14. The smallest absolute Gasteiger partial charge is 0.310 e. The minimum atomic E-state index is -0.259. The molecule has 102 valence electrons. The van der Waals surface area contributed by atoms with E-state index in [0.717, 1.165) is 12.2 Å². The summed E-state index contributed by atoms with van der Waals surface area (Å²) in [4.78, 5) is 22.9. The molecule has 3 nitrogen and oxygen atoms in total. The Morgan fingerprint density at radius 1 is 1.50 bits per heavy atom. The van der Waals surface area contributed by atoms with Crippen LogP contribution in [0.1, 0.15) is 46.5 Å². The van der Waals surface area contributed by atoms with Gasteiger partial charge in [0.1, 0.15) is 5.76 Å². The van der Waals surface area contributed by atoms with Crippen molar-refractivity contribution in [3.63, 3.8) is 0 Å². The molecule has 0 aromatic rings. The molecule has 0 aromatic carbocycles. The Bertz CT molecular complexity index is 336. The van der Waals surface area contributed by atoms with Gasteiger partial charge in [-0.3, -0.25) is 9.59 Å². The first-order valence-electron chi connectivity index (χ1n) is 6.60. The van der Waals surface area contributed by atoms with E-state index in [1.807, 2.05) is 11.8 Å². The zero-order valence-corrected chi connectivity index (χ0v) is 12.2. The third-order valence-corrected chi connectivity index (χ3v) is 4.05. The third kappa shape index (κ3) is 5.25. The minimum Gasteiger partial charge on any atom is -0.431 e. The Kier molecular flexibility index (Phi) is 6.47. The average molecular weight is 270 g/mol. The summed E-state index contributed by atoms with van der Waals surface area (Å²) in [6.45, 7) is 6.08. The molecule has 2 atom stereocenters. The highest BCUT2D eigenvalue weighted by Gasteiger charge is 2.24. The number of hydrogen-bond acceptors (Lipinski definition) is 4. The van der Waals surface area contributed by atoms with E-state index >= 15 is 0 Å². The van der Waals surface area contributed by atoms with Crippen LogP contribution in [0.3, 0.4) is 0 Å². The fourth-order valence-electron chi connectivity index (χ4n) is 2.22. The van der Waals surface area contributed by atoms with Crippen LogP contribution in [0.4, 0.5) is 0 Å². The highest BCUT2D eigenvalue weighted by molar-refractivity contribution is 7.99. The first-order valence-corrected chi connectivity index (χ1v) is 7.65. The normalized spacial score (nSPS) is 21.4. The molecule has 0 heterocycles. The number of hydrogen-bond donors (Lipinski definition) is 0. The van der Waals surface area contributed by atoms with E-state index in [4.69, 9.17) is 4.74 Å². The maximum Gasteiger partial charge on any atom is 0.310 e. The second-order valence-electron chi connectivity index (χ2n) is 4.68. The monoisotopic (exact) mass is 270 g/mol. The van der Waals surface area contributed by atoms with Gasteiger partial charge in [0, 0.05) is 30.6 Å². The number of ether oxygens (including phenoxy) is 1. The van der Waals surface area contributed by atoms with Crippen LogP contribution in [0.2, 0.25) is 0 Å². The summed E-state index contributed by atoms with van der Waals surface area (Å²) in [5.41, 5.74) is 0. The maximum atomic E-state index is 11.6. The van der Waals surface area contributed by atoms with Gasteiger partial charge in [-0.15, -0.1) is 0 Å². The van der Waals surface area contributed by atoms with Gasteiger partial charge in [-0.1, -0.05) is 20.8 Å². The van der Waals surface area contributed by atoms with Crippen molar-refractivity contribution >= 4 is 23.5 Å². The summed E-state index contributed by atoms with van der Waals surface area (Å²) in [5, 5.41) is 0.550. The van der Waals surface area contributed by atoms with E-state index in [0.29, 0.717) is 36.2 Å². The molecule has 0 N–H and O–H groups in total. The number of esters is 1. The van der Waals surface area contributed by atoms with Gasteiger partial charge in [0.2, 0.25) is 0 Å². The van der Waals surface area contributed by atoms with Crippen LogP contribution < -0.4 is 0 Å². The van der Waals surface area contributed by atoms with Crippen LogP contribution in [0.25, 0.3) is 0 Å². The molecule has 0 saturated heterocycles. The molecule has 0 amide bonds. The molecular formula is C14H22O3S. The van der Waals surface area contributed by atoms with Gasteiger partial charge in [-0.25, -0.2) is 0 Å². The molecule has 0 aromatic heterocycles. The number of carbonyl (C=O) groups is 2. The number of ketones is 1. The highest BCUT2D eigenvalue weighted by atomic mass is 32.2. The number of carbonyl (C=O) groups excluding carboxylic acids is 2.